The van der Waals surface area contributed by atoms with E-state index in [2.05, 4.69) is 19.9 Å². The van der Waals surface area contributed by atoms with Crippen molar-refractivity contribution >= 4 is 11.7 Å². The van der Waals surface area contributed by atoms with Crippen LogP contribution < -0.4 is 4.90 Å². The topological polar surface area (TPSA) is 95.2 Å². The molecule has 1 amide bonds. The second kappa shape index (κ2) is 7.90. The summed E-state index contributed by atoms with van der Waals surface area (Å²) in [5.41, 5.74) is 2.32. The van der Waals surface area contributed by atoms with E-state index in [1.165, 1.54) is 6.33 Å². The van der Waals surface area contributed by atoms with Crippen LogP contribution >= 0.6 is 0 Å². The van der Waals surface area contributed by atoms with E-state index < -0.39 is 0 Å². The SMILES string of the molecule is Cc1ccc([C@@H]2CCON2C(=O)C2CCN(c3cc(C#N)ncn3)CC2)cn1. The molecule has 1 atom stereocenters. The Morgan fingerprint density at radius 1 is 1.21 bits per heavy atom. The molecular formula is C20H22N6O2. The molecule has 4 rings (SSSR count). The van der Waals surface area contributed by atoms with Crippen molar-refractivity contribution in [3.63, 3.8) is 0 Å². The van der Waals surface area contributed by atoms with Crippen molar-refractivity contribution in [2.45, 2.75) is 32.2 Å². The summed E-state index contributed by atoms with van der Waals surface area (Å²) in [5.74, 6) is 0.703. The summed E-state index contributed by atoms with van der Waals surface area (Å²) in [4.78, 5) is 33.4. The summed E-state index contributed by atoms with van der Waals surface area (Å²) in [6.07, 6.45) is 5.48. The van der Waals surface area contributed by atoms with E-state index in [0.717, 1.165) is 36.3 Å². The highest BCUT2D eigenvalue weighted by Gasteiger charge is 2.37. The van der Waals surface area contributed by atoms with Crippen molar-refractivity contribution in [3.05, 3.63) is 47.7 Å². The van der Waals surface area contributed by atoms with Crippen LogP contribution in [0.2, 0.25) is 0 Å². The Morgan fingerprint density at radius 2 is 2.04 bits per heavy atom. The van der Waals surface area contributed by atoms with Crippen LogP contribution in [-0.2, 0) is 9.63 Å². The molecule has 4 heterocycles. The lowest BCUT2D eigenvalue weighted by Crippen LogP contribution is -2.42. The first kappa shape index (κ1) is 18.3. The van der Waals surface area contributed by atoms with Crippen LogP contribution in [0, 0.1) is 24.2 Å². The summed E-state index contributed by atoms with van der Waals surface area (Å²) in [6.45, 7) is 3.91. The Labute approximate surface area is 163 Å². The third-order valence-electron chi connectivity index (χ3n) is 5.38. The minimum Gasteiger partial charge on any atom is -0.356 e. The average molecular weight is 378 g/mol. The first-order valence-corrected chi connectivity index (χ1v) is 9.51. The molecule has 0 bridgehead atoms. The maximum absolute atomic E-state index is 13.1. The number of piperidine rings is 1. The minimum atomic E-state index is -0.0764. The van der Waals surface area contributed by atoms with Gasteiger partial charge in [-0.3, -0.25) is 14.6 Å². The van der Waals surface area contributed by atoms with E-state index in [-0.39, 0.29) is 17.9 Å². The maximum atomic E-state index is 13.1. The number of amides is 1. The quantitative estimate of drug-likeness (QED) is 0.808. The number of aryl methyl sites for hydroxylation is 1. The number of anilines is 1. The molecule has 2 aromatic rings. The third-order valence-corrected chi connectivity index (χ3v) is 5.38. The molecular weight excluding hydrogens is 356 g/mol. The first-order valence-electron chi connectivity index (χ1n) is 9.51. The Morgan fingerprint density at radius 3 is 2.75 bits per heavy atom. The minimum absolute atomic E-state index is 0.0446. The maximum Gasteiger partial charge on any atom is 0.249 e. The molecule has 28 heavy (non-hydrogen) atoms. The standard InChI is InChI=1S/C20H22N6O2/c1-14-2-3-16(12-22-14)18-6-9-28-26(18)20(27)15-4-7-25(8-5-15)19-10-17(11-21)23-13-24-19/h2-3,10,12-13,15,18H,4-9H2,1H3/t18-/m0/s1. The number of pyridine rings is 1. The Hall–Kier alpha value is -3.05. The van der Waals surface area contributed by atoms with Gasteiger partial charge in [-0.05, 0) is 31.4 Å². The fraction of sp³-hybridized carbons (Fsp3) is 0.450. The average Bonchev–Trinajstić information content (AvgIpc) is 3.24. The number of nitriles is 1. The summed E-state index contributed by atoms with van der Waals surface area (Å²) in [7, 11) is 0. The van der Waals surface area contributed by atoms with Crippen molar-refractivity contribution in [2.24, 2.45) is 5.92 Å². The van der Waals surface area contributed by atoms with Crippen molar-refractivity contribution in [1.82, 2.24) is 20.0 Å². The smallest absolute Gasteiger partial charge is 0.249 e. The van der Waals surface area contributed by atoms with Crippen molar-refractivity contribution < 1.29 is 9.63 Å². The molecule has 2 fully saturated rings. The summed E-state index contributed by atoms with van der Waals surface area (Å²) in [5, 5.41) is 10.6. The van der Waals surface area contributed by atoms with Gasteiger partial charge in [0.25, 0.3) is 0 Å². The van der Waals surface area contributed by atoms with Gasteiger partial charge in [0.1, 0.15) is 23.9 Å². The molecule has 8 heteroatoms. The summed E-state index contributed by atoms with van der Waals surface area (Å²) < 4.78 is 0. The second-order valence-electron chi connectivity index (χ2n) is 7.17. The zero-order chi connectivity index (χ0) is 19.5. The molecule has 2 aliphatic heterocycles. The number of aromatic nitrogens is 3. The highest BCUT2D eigenvalue weighted by Crippen LogP contribution is 2.33. The van der Waals surface area contributed by atoms with Crippen molar-refractivity contribution in [3.8, 4) is 6.07 Å². The van der Waals surface area contributed by atoms with Gasteiger partial charge in [-0.2, -0.15) is 5.26 Å². The Kier molecular flexibility index (Phi) is 5.17. The van der Waals surface area contributed by atoms with Crippen LogP contribution in [-0.4, -0.2) is 45.6 Å². The second-order valence-corrected chi connectivity index (χ2v) is 7.17. The largest absolute Gasteiger partial charge is 0.356 e. The van der Waals surface area contributed by atoms with Gasteiger partial charge < -0.3 is 4.90 Å². The van der Waals surface area contributed by atoms with Gasteiger partial charge in [-0.25, -0.2) is 15.0 Å². The van der Waals surface area contributed by atoms with Crippen LogP contribution in [0.5, 0.6) is 0 Å². The van der Waals surface area contributed by atoms with Crippen molar-refractivity contribution in [1.29, 1.82) is 5.26 Å². The lowest BCUT2D eigenvalue weighted by Gasteiger charge is -2.34. The highest BCUT2D eigenvalue weighted by atomic mass is 16.7. The van der Waals surface area contributed by atoms with E-state index in [0.29, 0.717) is 25.4 Å². The molecule has 0 aromatic carbocycles. The van der Waals surface area contributed by atoms with Gasteiger partial charge in [0.05, 0.1) is 12.6 Å². The first-order chi connectivity index (χ1) is 13.7. The molecule has 0 unspecified atom stereocenters. The van der Waals surface area contributed by atoms with Gasteiger partial charge >= 0.3 is 0 Å². The summed E-state index contributed by atoms with van der Waals surface area (Å²) in [6, 6.07) is 7.63. The Balaban J connectivity index is 1.40. The predicted octanol–water partition coefficient (Wildman–Crippen LogP) is 2.17. The highest BCUT2D eigenvalue weighted by molar-refractivity contribution is 5.79. The van der Waals surface area contributed by atoms with E-state index in [9.17, 15) is 4.79 Å². The molecule has 0 N–H and O–H groups in total. The molecule has 8 nitrogen and oxygen atoms in total. The fourth-order valence-electron chi connectivity index (χ4n) is 3.78. The van der Waals surface area contributed by atoms with E-state index >= 15 is 0 Å². The molecule has 0 radical (unpaired) electrons. The molecule has 2 aromatic heterocycles. The van der Waals surface area contributed by atoms with E-state index in [4.69, 9.17) is 10.1 Å². The van der Waals surface area contributed by atoms with Gasteiger partial charge in [-0.15, -0.1) is 0 Å². The summed E-state index contributed by atoms with van der Waals surface area (Å²) >= 11 is 0. The van der Waals surface area contributed by atoms with Gasteiger partial charge in [0.15, 0.2) is 0 Å². The van der Waals surface area contributed by atoms with Gasteiger partial charge in [0, 0.05) is 43.4 Å². The predicted molar refractivity (Wildman–Crippen MR) is 101 cm³/mol. The normalized spacial score (nSPS) is 20.2. The molecule has 2 saturated heterocycles. The van der Waals surface area contributed by atoms with Crippen LogP contribution in [0.4, 0.5) is 5.82 Å². The fourth-order valence-corrected chi connectivity index (χ4v) is 3.78. The molecule has 0 spiro atoms. The van der Waals surface area contributed by atoms with Crippen LogP contribution in [0.3, 0.4) is 0 Å². The van der Waals surface area contributed by atoms with Crippen LogP contribution in [0.25, 0.3) is 0 Å². The lowest BCUT2D eigenvalue weighted by atomic mass is 9.94. The number of hydroxylamine groups is 2. The molecule has 0 aliphatic carbocycles. The van der Waals surface area contributed by atoms with Crippen LogP contribution in [0.1, 0.15) is 42.3 Å². The lowest BCUT2D eigenvalue weighted by molar-refractivity contribution is -0.182. The monoisotopic (exact) mass is 378 g/mol. The number of hydrogen-bond acceptors (Lipinski definition) is 7. The molecule has 2 aliphatic rings. The number of rotatable bonds is 3. The van der Waals surface area contributed by atoms with E-state index in [1.807, 2.05) is 31.3 Å². The zero-order valence-electron chi connectivity index (χ0n) is 15.8. The molecule has 0 saturated carbocycles. The van der Waals surface area contributed by atoms with Crippen LogP contribution in [0.15, 0.2) is 30.7 Å². The number of nitrogens with zero attached hydrogens (tertiary/aromatic N) is 6. The van der Waals surface area contributed by atoms with Gasteiger partial charge in [0.2, 0.25) is 5.91 Å². The van der Waals surface area contributed by atoms with E-state index in [1.54, 1.807) is 11.1 Å². The van der Waals surface area contributed by atoms with Crippen molar-refractivity contribution in [2.75, 3.05) is 24.6 Å². The molecule has 144 valence electrons. The Bertz CT molecular complexity index is 886. The number of hydrogen-bond donors (Lipinski definition) is 0. The number of carbonyl (C=O) groups is 1. The third kappa shape index (κ3) is 3.66. The zero-order valence-corrected chi connectivity index (χ0v) is 15.8. The number of carbonyl (C=O) groups excluding carboxylic acids is 1. The van der Waals surface area contributed by atoms with Gasteiger partial charge in [-0.1, -0.05) is 6.07 Å².